The van der Waals surface area contributed by atoms with E-state index >= 15 is 0 Å². The molecule has 6 heteroatoms. The van der Waals surface area contributed by atoms with Gasteiger partial charge < -0.3 is 14.4 Å². The molecule has 2 aliphatic heterocycles. The van der Waals surface area contributed by atoms with Crippen LogP contribution in [-0.2, 0) is 9.59 Å². The van der Waals surface area contributed by atoms with Crippen molar-refractivity contribution in [2.24, 2.45) is 11.8 Å². The topological polar surface area (TPSA) is 59.1 Å². The van der Waals surface area contributed by atoms with Crippen molar-refractivity contribution < 1.29 is 19.1 Å². The predicted molar refractivity (Wildman–Crippen MR) is 120 cm³/mol. The Morgan fingerprint density at radius 1 is 0.839 bits per heavy atom. The third-order valence-electron chi connectivity index (χ3n) is 5.93. The number of rotatable bonds is 5. The number of anilines is 1. The Balaban J connectivity index is 1.82. The molecule has 0 radical (unpaired) electrons. The molecule has 2 aliphatic rings. The van der Waals surface area contributed by atoms with Crippen LogP contribution >= 0.6 is 0 Å². The van der Waals surface area contributed by atoms with Gasteiger partial charge in [-0.25, -0.2) is 4.90 Å². The van der Waals surface area contributed by atoms with Crippen molar-refractivity contribution in [2.75, 3.05) is 32.2 Å². The van der Waals surface area contributed by atoms with Crippen LogP contribution < -0.4 is 14.4 Å². The van der Waals surface area contributed by atoms with E-state index in [2.05, 4.69) is 18.7 Å². The molecule has 0 saturated carbocycles. The van der Waals surface area contributed by atoms with Crippen LogP contribution in [0.2, 0.25) is 0 Å². The van der Waals surface area contributed by atoms with Crippen LogP contribution in [-0.4, -0.2) is 44.0 Å². The highest BCUT2D eigenvalue weighted by atomic mass is 16.5. The lowest BCUT2D eigenvalue weighted by atomic mass is 9.91. The molecule has 0 spiro atoms. The zero-order valence-electron chi connectivity index (χ0n) is 18.4. The third-order valence-corrected chi connectivity index (χ3v) is 5.93. The van der Waals surface area contributed by atoms with E-state index in [1.54, 1.807) is 38.5 Å². The van der Waals surface area contributed by atoms with Gasteiger partial charge in [0.25, 0.3) is 11.8 Å². The van der Waals surface area contributed by atoms with Crippen molar-refractivity contribution in [1.29, 1.82) is 0 Å². The second-order valence-electron chi connectivity index (χ2n) is 8.45. The van der Waals surface area contributed by atoms with Crippen molar-refractivity contribution >= 4 is 23.1 Å². The van der Waals surface area contributed by atoms with Crippen LogP contribution in [0.3, 0.4) is 0 Å². The van der Waals surface area contributed by atoms with E-state index in [-0.39, 0.29) is 11.8 Å². The summed E-state index contributed by atoms with van der Waals surface area (Å²) < 4.78 is 10.6. The summed E-state index contributed by atoms with van der Waals surface area (Å²) in [6.07, 6.45) is 1.11. The van der Waals surface area contributed by atoms with E-state index in [9.17, 15) is 9.59 Å². The van der Waals surface area contributed by atoms with E-state index in [0.29, 0.717) is 45.9 Å². The summed E-state index contributed by atoms with van der Waals surface area (Å²) in [6, 6.07) is 14.4. The quantitative estimate of drug-likeness (QED) is 0.685. The van der Waals surface area contributed by atoms with Gasteiger partial charge >= 0.3 is 0 Å². The lowest BCUT2D eigenvalue weighted by Gasteiger charge is -2.37. The van der Waals surface area contributed by atoms with Crippen LogP contribution in [0.1, 0.15) is 25.8 Å². The fraction of sp³-hybridized carbons (Fsp3) is 0.360. The second-order valence-corrected chi connectivity index (χ2v) is 8.45. The van der Waals surface area contributed by atoms with Crippen molar-refractivity contribution in [2.45, 2.75) is 20.3 Å². The maximum absolute atomic E-state index is 13.7. The zero-order valence-corrected chi connectivity index (χ0v) is 18.4. The average molecular weight is 421 g/mol. The number of nitrogens with zero attached hydrogens (tertiary/aromatic N) is 2. The van der Waals surface area contributed by atoms with Gasteiger partial charge in [-0.05, 0) is 48.1 Å². The maximum atomic E-state index is 13.7. The Bertz CT molecular complexity index is 1020. The zero-order chi connectivity index (χ0) is 22.1. The summed E-state index contributed by atoms with van der Waals surface area (Å²) >= 11 is 0. The molecule has 31 heavy (non-hydrogen) atoms. The molecule has 0 N–H and O–H groups in total. The Kier molecular flexibility index (Phi) is 5.72. The first-order valence-electron chi connectivity index (χ1n) is 10.6. The summed E-state index contributed by atoms with van der Waals surface area (Å²) in [5, 5.41) is 0. The first-order chi connectivity index (χ1) is 14.9. The fourth-order valence-electron chi connectivity index (χ4n) is 4.66. The summed E-state index contributed by atoms with van der Waals surface area (Å²) in [4.78, 5) is 30.7. The molecular weight excluding hydrogens is 392 g/mol. The van der Waals surface area contributed by atoms with Gasteiger partial charge in [-0.1, -0.05) is 32.0 Å². The summed E-state index contributed by atoms with van der Waals surface area (Å²) in [7, 11) is 3.17. The number of amides is 2. The van der Waals surface area contributed by atoms with Gasteiger partial charge in [0.05, 0.1) is 25.5 Å². The highest BCUT2D eigenvalue weighted by Gasteiger charge is 2.43. The normalized spacial score (nSPS) is 21.7. The van der Waals surface area contributed by atoms with Gasteiger partial charge in [-0.3, -0.25) is 9.59 Å². The molecule has 0 bridgehead atoms. The van der Waals surface area contributed by atoms with Crippen LogP contribution in [0.15, 0.2) is 54.2 Å². The molecule has 2 heterocycles. The number of piperidine rings is 1. The van der Waals surface area contributed by atoms with Gasteiger partial charge in [0, 0.05) is 19.2 Å². The molecule has 0 aromatic heterocycles. The third kappa shape index (κ3) is 3.90. The highest BCUT2D eigenvalue weighted by Crippen LogP contribution is 2.38. The van der Waals surface area contributed by atoms with Gasteiger partial charge in [0.1, 0.15) is 17.2 Å². The molecule has 1 saturated heterocycles. The molecule has 2 amide bonds. The molecule has 2 atom stereocenters. The monoisotopic (exact) mass is 420 g/mol. The molecule has 162 valence electrons. The van der Waals surface area contributed by atoms with Crippen LogP contribution in [0.5, 0.6) is 11.5 Å². The number of likely N-dealkylation sites (tertiary alicyclic amines) is 1. The standard InChI is InChI=1S/C25H28N2O4/c1-16-12-17(2)15-26(14-16)23-22(18-8-10-20(30-3)11-9-18)24(28)27(25(23)29)19-6-5-7-21(13-19)31-4/h5-11,13,16-17H,12,14-15H2,1-4H3. The number of methoxy groups -OCH3 is 2. The number of hydrogen-bond donors (Lipinski definition) is 0. The maximum Gasteiger partial charge on any atom is 0.282 e. The van der Waals surface area contributed by atoms with Gasteiger partial charge in [0.15, 0.2) is 0 Å². The van der Waals surface area contributed by atoms with Crippen molar-refractivity contribution in [3.8, 4) is 11.5 Å². The fourth-order valence-corrected chi connectivity index (χ4v) is 4.66. The summed E-state index contributed by atoms with van der Waals surface area (Å²) in [5.74, 6) is 1.59. The van der Waals surface area contributed by atoms with E-state index in [1.165, 1.54) is 4.90 Å². The lowest BCUT2D eigenvalue weighted by molar-refractivity contribution is -0.120. The van der Waals surface area contributed by atoms with Gasteiger partial charge in [0.2, 0.25) is 0 Å². The van der Waals surface area contributed by atoms with Gasteiger partial charge in [-0.15, -0.1) is 0 Å². The summed E-state index contributed by atoms with van der Waals surface area (Å²) in [5.41, 5.74) is 2.15. The molecule has 2 aromatic rings. The van der Waals surface area contributed by atoms with E-state index < -0.39 is 0 Å². The van der Waals surface area contributed by atoms with Crippen LogP contribution in [0.25, 0.3) is 5.57 Å². The first kappa shape index (κ1) is 21.0. The second kappa shape index (κ2) is 8.46. The van der Waals surface area contributed by atoms with Crippen LogP contribution in [0.4, 0.5) is 5.69 Å². The lowest BCUT2D eigenvalue weighted by Crippen LogP contribution is -2.42. The van der Waals surface area contributed by atoms with E-state index in [0.717, 1.165) is 19.5 Å². The number of ether oxygens (including phenoxy) is 2. The number of benzene rings is 2. The predicted octanol–water partition coefficient (Wildman–Crippen LogP) is 3.97. The molecule has 2 unspecified atom stereocenters. The van der Waals surface area contributed by atoms with E-state index in [1.807, 2.05) is 24.3 Å². The number of imide groups is 1. The minimum Gasteiger partial charge on any atom is -0.497 e. The molecule has 2 aromatic carbocycles. The minimum absolute atomic E-state index is 0.287. The molecule has 4 rings (SSSR count). The smallest absolute Gasteiger partial charge is 0.282 e. The highest BCUT2D eigenvalue weighted by molar-refractivity contribution is 6.45. The summed E-state index contributed by atoms with van der Waals surface area (Å²) in [6.45, 7) is 5.89. The van der Waals surface area contributed by atoms with Crippen molar-refractivity contribution in [1.82, 2.24) is 4.90 Å². The van der Waals surface area contributed by atoms with Crippen molar-refractivity contribution in [3.63, 3.8) is 0 Å². The van der Waals surface area contributed by atoms with Crippen LogP contribution in [0, 0.1) is 11.8 Å². The number of carbonyl (C=O) groups excluding carboxylic acids is 2. The molecular formula is C25H28N2O4. The molecule has 1 fully saturated rings. The SMILES string of the molecule is COc1ccc(C2=C(N3CC(C)CC(C)C3)C(=O)N(c3cccc(OC)c3)C2=O)cc1. The Morgan fingerprint density at radius 3 is 2.10 bits per heavy atom. The van der Waals surface area contributed by atoms with E-state index in [4.69, 9.17) is 9.47 Å². The number of carbonyl (C=O) groups is 2. The average Bonchev–Trinajstić information content (AvgIpc) is 3.03. The number of hydrogen-bond acceptors (Lipinski definition) is 5. The first-order valence-corrected chi connectivity index (χ1v) is 10.6. The molecule has 6 nitrogen and oxygen atoms in total. The largest absolute Gasteiger partial charge is 0.497 e. The minimum atomic E-state index is -0.315. The van der Waals surface area contributed by atoms with Gasteiger partial charge in [-0.2, -0.15) is 0 Å². The molecule has 0 aliphatic carbocycles. The Morgan fingerprint density at radius 2 is 1.48 bits per heavy atom. The van der Waals surface area contributed by atoms with Crippen molar-refractivity contribution in [3.05, 3.63) is 59.8 Å². The Labute approximate surface area is 183 Å². The Hall–Kier alpha value is -3.28.